The summed E-state index contributed by atoms with van der Waals surface area (Å²) in [5.74, 6) is 0.120. The summed E-state index contributed by atoms with van der Waals surface area (Å²) in [5.41, 5.74) is 0.378. The molecule has 1 aromatic carbocycles. The molecule has 0 bridgehead atoms. The van der Waals surface area contributed by atoms with Crippen molar-refractivity contribution in [2.24, 2.45) is 0 Å². The molecule has 0 saturated heterocycles. The highest BCUT2D eigenvalue weighted by atomic mass is 16.5. The Kier molecular flexibility index (Phi) is 8.74. The highest BCUT2D eigenvalue weighted by Crippen LogP contribution is 2.37. The summed E-state index contributed by atoms with van der Waals surface area (Å²) in [6.45, 7) is 6.35. The number of aliphatic hydroxyl groups is 1. The Labute approximate surface area is 136 Å². The number of benzene rings is 1. The van der Waals surface area contributed by atoms with E-state index < -0.39 is 5.60 Å². The first-order valence-electron chi connectivity index (χ1n) is 8.87. The molecule has 126 valence electrons. The number of rotatable bonds is 11. The average Bonchev–Trinajstić information content (AvgIpc) is 2.53. The molecule has 0 fully saturated rings. The van der Waals surface area contributed by atoms with Crippen LogP contribution in [-0.4, -0.2) is 23.9 Å². The third kappa shape index (κ3) is 5.40. The van der Waals surface area contributed by atoms with Gasteiger partial charge < -0.3 is 9.84 Å². The lowest BCUT2D eigenvalue weighted by Gasteiger charge is -2.39. The van der Waals surface area contributed by atoms with Gasteiger partial charge in [-0.2, -0.15) is 0 Å². The monoisotopic (exact) mass is 306 g/mol. The smallest absolute Gasteiger partial charge is 0.0948 e. The lowest BCUT2D eigenvalue weighted by atomic mass is 9.76. The molecule has 0 radical (unpaired) electrons. The Balaban J connectivity index is 2.84. The van der Waals surface area contributed by atoms with Crippen LogP contribution in [0.15, 0.2) is 30.3 Å². The summed E-state index contributed by atoms with van der Waals surface area (Å²) >= 11 is 0. The van der Waals surface area contributed by atoms with Crippen molar-refractivity contribution >= 4 is 0 Å². The Morgan fingerprint density at radius 1 is 1.00 bits per heavy atom. The van der Waals surface area contributed by atoms with Gasteiger partial charge in [0, 0.05) is 13.0 Å². The topological polar surface area (TPSA) is 29.5 Å². The van der Waals surface area contributed by atoms with Gasteiger partial charge in [-0.1, -0.05) is 76.3 Å². The second-order valence-electron chi connectivity index (χ2n) is 6.55. The average molecular weight is 306 g/mol. The maximum Gasteiger partial charge on any atom is 0.0948 e. The van der Waals surface area contributed by atoms with Crippen LogP contribution in [0.4, 0.5) is 0 Å². The second kappa shape index (κ2) is 10.0. The Bertz CT molecular complexity index is 386. The molecule has 1 N–H and O–H groups in total. The maximum absolute atomic E-state index is 11.3. The summed E-state index contributed by atoms with van der Waals surface area (Å²) in [5, 5.41) is 11.3. The van der Waals surface area contributed by atoms with Crippen LogP contribution < -0.4 is 0 Å². The zero-order chi connectivity index (χ0) is 16.4. The minimum Gasteiger partial charge on any atom is -0.387 e. The van der Waals surface area contributed by atoms with E-state index in [1.807, 2.05) is 13.0 Å². The van der Waals surface area contributed by atoms with Gasteiger partial charge in [0.25, 0.3) is 0 Å². The van der Waals surface area contributed by atoms with E-state index in [1.165, 1.54) is 24.8 Å². The third-order valence-corrected chi connectivity index (χ3v) is 4.74. The summed E-state index contributed by atoms with van der Waals surface area (Å²) in [7, 11) is 1.73. The van der Waals surface area contributed by atoms with Crippen molar-refractivity contribution in [2.45, 2.75) is 83.3 Å². The van der Waals surface area contributed by atoms with E-state index >= 15 is 0 Å². The summed E-state index contributed by atoms with van der Waals surface area (Å²) in [4.78, 5) is 0. The molecule has 0 aliphatic heterocycles. The number of unbranched alkanes of at least 4 members (excludes halogenated alkanes) is 3. The van der Waals surface area contributed by atoms with Crippen molar-refractivity contribution in [3.63, 3.8) is 0 Å². The molecule has 0 heterocycles. The SMILES string of the molecule is CCCCCCC(OC)C(C)(O)C(CCC)c1ccccc1. The standard InChI is InChI=1S/C20H34O2/c1-5-7-8-12-16-19(22-4)20(3,21)18(13-6-2)17-14-10-9-11-15-17/h9-11,14-15,18-19,21H,5-8,12-13,16H2,1-4H3. The number of hydrogen-bond donors (Lipinski definition) is 1. The van der Waals surface area contributed by atoms with Crippen LogP contribution >= 0.6 is 0 Å². The first-order valence-corrected chi connectivity index (χ1v) is 8.87. The summed E-state index contributed by atoms with van der Waals surface area (Å²) in [6.07, 6.45) is 7.68. The van der Waals surface area contributed by atoms with E-state index in [0.717, 1.165) is 25.7 Å². The van der Waals surface area contributed by atoms with Gasteiger partial charge in [0.2, 0.25) is 0 Å². The van der Waals surface area contributed by atoms with Crippen LogP contribution in [0, 0.1) is 0 Å². The molecule has 0 aromatic heterocycles. The van der Waals surface area contributed by atoms with Crippen LogP contribution in [0.3, 0.4) is 0 Å². The fourth-order valence-corrected chi connectivity index (χ4v) is 3.40. The molecule has 0 amide bonds. The van der Waals surface area contributed by atoms with Crippen molar-refractivity contribution in [3.8, 4) is 0 Å². The van der Waals surface area contributed by atoms with E-state index in [9.17, 15) is 5.11 Å². The van der Waals surface area contributed by atoms with Crippen molar-refractivity contribution in [2.75, 3.05) is 7.11 Å². The molecule has 0 saturated carbocycles. The lowest BCUT2D eigenvalue weighted by Crippen LogP contribution is -2.46. The zero-order valence-electron chi connectivity index (χ0n) is 14.8. The highest BCUT2D eigenvalue weighted by molar-refractivity contribution is 5.23. The predicted molar refractivity (Wildman–Crippen MR) is 94.3 cm³/mol. The largest absolute Gasteiger partial charge is 0.387 e. The van der Waals surface area contributed by atoms with Crippen LogP contribution in [0.2, 0.25) is 0 Å². The number of ether oxygens (including phenoxy) is 1. The fraction of sp³-hybridized carbons (Fsp3) is 0.700. The number of methoxy groups -OCH3 is 1. The molecule has 1 aromatic rings. The molecule has 3 unspecified atom stereocenters. The van der Waals surface area contributed by atoms with Crippen molar-refractivity contribution in [1.82, 2.24) is 0 Å². The quantitative estimate of drug-likeness (QED) is 0.562. The van der Waals surface area contributed by atoms with Gasteiger partial charge in [0.05, 0.1) is 11.7 Å². The molecule has 1 rings (SSSR count). The molecule has 3 atom stereocenters. The fourth-order valence-electron chi connectivity index (χ4n) is 3.40. The molecule has 0 spiro atoms. The van der Waals surface area contributed by atoms with Gasteiger partial charge in [-0.25, -0.2) is 0 Å². The molecule has 2 heteroatoms. The zero-order valence-corrected chi connectivity index (χ0v) is 14.8. The second-order valence-corrected chi connectivity index (χ2v) is 6.55. The van der Waals surface area contributed by atoms with E-state index in [-0.39, 0.29) is 12.0 Å². The third-order valence-electron chi connectivity index (χ3n) is 4.74. The van der Waals surface area contributed by atoms with E-state index in [4.69, 9.17) is 4.74 Å². The van der Waals surface area contributed by atoms with Gasteiger partial charge in [0.1, 0.15) is 0 Å². The first-order chi connectivity index (χ1) is 10.6. The lowest BCUT2D eigenvalue weighted by molar-refractivity contribution is -0.103. The van der Waals surface area contributed by atoms with E-state index in [1.54, 1.807) is 7.11 Å². The Morgan fingerprint density at radius 2 is 1.68 bits per heavy atom. The van der Waals surface area contributed by atoms with Crippen LogP contribution in [0.25, 0.3) is 0 Å². The van der Waals surface area contributed by atoms with Crippen molar-refractivity contribution < 1.29 is 9.84 Å². The van der Waals surface area contributed by atoms with Gasteiger partial charge in [-0.3, -0.25) is 0 Å². The normalized spacial score (nSPS) is 17.0. The summed E-state index contributed by atoms with van der Waals surface area (Å²) < 4.78 is 5.69. The van der Waals surface area contributed by atoms with E-state index in [2.05, 4.69) is 38.1 Å². The summed E-state index contributed by atoms with van der Waals surface area (Å²) in [6, 6.07) is 10.4. The van der Waals surface area contributed by atoms with Crippen molar-refractivity contribution in [3.05, 3.63) is 35.9 Å². The molecular weight excluding hydrogens is 272 g/mol. The van der Waals surface area contributed by atoms with Gasteiger partial charge >= 0.3 is 0 Å². The van der Waals surface area contributed by atoms with Gasteiger partial charge in [0.15, 0.2) is 0 Å². The predicted octanol–water partition coefficient (Wildman–Crippen LogP) is 5.31. The minimum absolute atomic E-state index is 0.110. The van der Waals surface area contributed by atoms with E-state index in [0.29, 0.717) is 0 Å². The molecule has 0 aliphatic carbocycles. The van der Waals surface area contributed by atoms with Gasteiger partial charge in [-0.05, 0) is 25.3 Å². The highest BCUT2D eigenvalue weighted by Gasteiger charge is 2.39. The Hall–Kier alpha value is -0.860. The minimum atomic E-state index is -0.835. The van der Waals surface area contributed by atoms with Crippen LogP contribution in [-0.2, 0) is 4.74 Å². The van der Waals surface area contributed by atoms with Gasteiger partial charge in [-0.15, -0.1) is 0 Å². The molecule has 0 aliphatic rings. The number of hydrogen-bond acceptors (Lipinski definition) is 2. The molecule has 22 heavy (non-hydrogen) atoms. The Morgan fingerprint density at radius 3 is 2.23 bits per heavy atom. The molecule has 2 nitrogen and oxygen atoms in total. The van der Waals surface area contributed by atoms with Crippen LogP contribution in [0.1, 0.15) is 77.2 Å². The van der Waals surface area contributed by atoms with Crippen molar-refractivity contribution in [1.29, 1.82) is 0 Å². The van der Waals surface area contributed by atoms with Crippen LogP contribution in [0.5, 0.6) is 0 Å². The maximum atomic E-state index is 11.3. The molecular formula is C20H34O2. The first kappa shape index (κ1) is 19.2.